The van der Waals surface area contributed by atoms with Crippen molar-refractivity contribution in [2.75, 3.05) is 7.11 Å². The van der Waals surface area contributed by atoms with Gasteiger partial charge in [0.2, 0.25) is 0 Å². The molecular formula is C35H25I2N3O5S. The van der Waals surface area contributed by atoms with E-state index >= 15 is 0 Å². The number of thiazole rings is 1. The van der Waals surface area contributed by atoms with Crippen LogP contribution in [0.3, 0.4) is 0 Å². The Balaban J connectivity index is 1.27. The van der Waals surface area contributed by atoms with Gasteiger partial charge in [-0.3, -0.25) is 19.5 Å². The zero-order chi connectivity index (χ0) is 31.9. The smallest absolute Gasteiger partial charge is 0.271 e. The fraction of sp³-hybridized carbons (Fsp3) is 0.143. The Morgan fingerprint density at radius 2 is 1.74 bits per heavy atom. The number of nitro groups is 1. The number of allylic oxidation sites excluding steroid dienone is 1. The van der Waals surface area contributed by atoms with Crippen molar-refractivity contribution < 1.29 is 14.4 Å². The highest BCUT2D eigenvalue weighted by atomic mass is 127. The van der Waals surface area contributed by atoms with Crippen LogP contribution in [0.5, 0.6) is 11.5 Å². The maximum atomic E-state index is 14.2. The molecule has 0 amide bonds. The van der Waals surface area contributed by atoms with Crippen molar-refractivity contribution >= 4 is 74.0 Å². The number of rotatable bonds is 7. The van der Waals surface area contributed by atoms with Gasteiger partial charge < -0.3 is 9.47 Å². The van der Waals surface area contributed by atoms with E-state index in [1.54, 1.807) is 19.2 Å². The Bertz CT molecular complexity index is 2200. The van der Waals surface area contributed by atoms with Crippen molar-refractivity contribution in [3.63, 3.8) is 0 Å². The minimum atomic E-state index is -0.418. The maximum Gasteiger partial charge on any atom is 0.271 e. The molecule has 0 radical (unpaired) electrons. The predicted octanol–water partition coefficient (Wildman–Crippen LogP) is 7.02. The first-order valence-electron chi connectivity index (χ1n) is 14.4. The largest absolute Gasteiger partial charge is 0.497 e. The summed E-state index contributed by atoms with van der Waals surface area (Å²) < 4.78 is 15.8. The van der Waals surface area contributed by atoms with Gasteiger partial charge in [-0.05, 0) is 128 Å². The molecule has 1 aromatic heterocycles. The molecule has 4 aromatic carbocycles. The van der Waals surface area contributed by atoms with Crippen molar-refractivity contribution in [3.05, 3.63) is 155 Å². The van der Waals surface area contributed by atoms with Gasteiger partial charge >= 0.3 is 0 Å². The van der Waals surface area contributed by atoms with Crippen LogP contribution in [0, 0.1) is 17.3 Å². The summed E-state index contributed by atoms with van der Waals surface area (Å²) >= 11 is 5.89. The summed E-state index contributed by atoms with van der Waals surface area (Å²) in [5, 5.41) is 11.0. The van der Waals surface area contributed by atoms with Gasteiger partial charge in [0.1, 0.15) is 18.1 Å². The molecule has 0 spiro atoms. The summed E-state index contributed by atoms with van der Waals surface area (Å²) in [5.74, 6) is 1.49. The first-order valence-corrected chi connectivity index (χ1v) is 17.4. The molecule has 2 heterocycles. The van der Waals surface area contributed by atoms with Gasteiger partial charge in [0.05, 0.1) is 35.4 Å². The van der Waals surface area contributed by atoms with Gasteiger partial charge in [0.25, 0.3) is 11.2 Å². The Hall–Kier alpha value is -3.82. The molecule has 1 atom stereocenters. The zero-order valence-electron chi connectivity index (χ0n) is 24.4. The molecule has 7 rings (SSSR count). The number of aromatic nitrogens is 1. The topological polar surface area (TPSA) is 96.0 Å². The molecule has 1 aliphatic carbocycles. The number of hydrogen-bond donors (Lipinski definition) is 0. The van der Waals surface area contributed by atoms with Crippen LogP contribution in [0.2, 0.25) is 0 Å². The van der Waals surface area contributed by atoms with Gasteiger partial charge in [-0.1, -0.05) is 47.7 Å². The lowest BCUT2D eigenvalue weighted by atomic mass is 9.83. The Morgan fingerprint density at radius 1 is 1.02 bits per heavy atom. The zero-order valence-corrected chi connectivity index (χ0v) is 29.5. The van der Waals surface area contributed by atoms with Crippen LogP contribution in [0.4, 0.5) is 5.69 Å². The second-order valence-electron chi connectivity index (χ2n) is 10.9. The van der Waals surface area contributed by atoms with Gasteiger partial charge in [0.15, 0.2) is 4.80 Å². The number of nitro benzene ring substituents is 1. The third kappa shape index (κ3) is 5.79. The van der Waals surface area contributed by atoms with E-state index in [9.17, 15) is 14.9 Å². The molecule has 230 valence electrons. The number of aryl methyl sites for hydroxylation is 1. The van der Waals surface area contributed by atoms with Crippen molar-refractivity contribution in [2.24, 2.45) is 4.99 Å². The van der Waals surface area contributed by atoms with Crippen LogP contribution in [0.15, 0.2) is 100 Å². The third-order valence-electron chi connectivity index (χ3n) is 8.15. The van der Waals surface area contributed by atoms with Gasteiger partial charge in [-0.2, -0.15) is 0 Å². The quantitative estimate of drug-likeness (QED) is 0.0997. The van der Waals surface area contributed by atoms with Gasteiger partial charge in [-0.15, -0.1) is 0 Å². The van der Waals surface area contributed by atoms with E-state index in [0.29, 0.717) is 9.33 Å². The molecule has 2 aliphatic rings. The van der Waals surface area contributed by atoms with Crippen molar-refractivity contribution in [2.45, 2.75) is 25.5 Å². The Labute approximate surface area is 295 Å². The van der Waals surface area contributed by atoms with Gasteiger partial charge in [-0.25, -0.2) is 4.99 Å². The highest BCUT2D eigenvalue weighted by molar-refractivity contribution is 14.1. The number of methoxy groups -OCH3 is 1. The molecular weight excluding hydrogens is 828 g/mol. The van der Waals surface area contributed by atoms with Crippen molar-refractivity contribution in [3.8, 4) is 11.5 Å². The lowest BCUT2D eigenvalue weighted by molar-refractivity contribution is -0.384. The van der Waals surface area contributed by atoms with E-state index in [1.807, 2.05) is 53.1 Å². The third-order valence-corrected chi connectivity index (χ3v) is 10.7. The minimum absolute atomic E-state index is 0.0443. The van der Waals surface area contributed by atoms with Crippen molar-refractivity contribution in [1.82, 2.24) is 4.57 Å². The van der Waals surface area contributed by atoms with E-state index in [-0.39, 0.29) is 23.9 Å². The van der Waals surface area contributed by atoms with Crippen LogP contribution >= 0.6 is 56.5 Å². The number of ether oxygens (including phenoxy) is 2. The molecule has 5 aromatic rings. The molecule has 11 heteroatoms. The molecule has 0 N–H and O–H groups in total. The van der Waals surface area contributed by atoms with Crippen LogP contribution in [-0.2, 0) is 13.0 Å². The highest BCUT2D eigenvalue weighted by Crippen LogP contribution is 2.41. The standard InChI is InChI=1S/C35H25I2N3O5S/c1-44-25-13-8-23(9-14-25)32-27-15-10-22-4-2-3-5-26(22)31(27)38-35-39(32)34(41)30(46-35)18-21-16-28(36)33(29(37)17-21)45-19-20-6-11-24(12-7-20)40(42)43/h2-9,11-14,16-18,32H,10,15,19H2,1H3/b30-18-/t32-/m1/s1. The molecule has 0 bridgehead atoms. The summed E-state index contributed by atoms with van der Waals surface area (Å²) in [6, 6.07) is 26.4. The fourth-order valence-corrected chi connectivity index (χ4v) is 9.06. The molecule has 0 fully saturated rings. The summed E-state index contributed by atoms with van der Waals surface area (Å²) in [5.41, 5.74) is 7.24. The lowest BCUT2D eigenvalue weighted by Gasteiger charge is -2.30. The first-order chi connectivity index (χ1) is 22.3. The average Bonchev–Trinajstić information content (AvgIpc) is 3.37. The SMILES string of the molecule is COc1ccc([C@@H]2C3=C(N=c4s/c(=C\c5cc(I)c(OCc6ccc([N+](=O)[O-])cc6)c(I)c5)c(=O)n42)c2ccccc2CC3)cc1. The van der Waals surface area contributed by atoms with Crippen LogP contribution in [0.25, 0.3) is 11.8 Å². The normalized spacial score (nSPS) is 15.5. The molecule has 46 heavy (non-hydrogen) atoms. The molecule has 0 saturated heterocycles. The lowest BCUT2D eigenvalue weighted by Crippen LogP contribution is -2.38. The average molecular weight is 853 g/mol. The van der Waals surface area contributed by atoms with Crippen molar-refractivity contribution in [1.29, 1.82) is 0 Å². The monoisotopic (exact) mass is 853 g/mol. The highest BCUT2D eigenvalue weighted by Gasteiger charge is 2.32. The maximum absolute atomic E-state index is 14.2. The molecule has 0 saturated carbocycles. The number of halogens is 2. The van der Waals surface area contributed by atoms with E-state index < -0.39 is 4.92 Å². The van der Waals surface area contributed by atoms with Crippen LogP contribution < -0.4 is 24.4 Å². The van der Waals surface area contributed by atoms with Crippen LogP contribution in [0.1, 0.15) is 40.3 Å². The number of non-ortho nitro benzene ring substituents is 1. The number of nitrogens with zero attached hydrogens (tertiary/aromatic N) is 3. The van der Waals surface area contributed by atoms with Crippen LogP contribution in [-0.4, -0.2) is 16.6 Å². The minimum Gasteiger partial charge on any atom is -0.497 e. The van der Waals surface area contributed by atoms with E-state index in [1.165, 1.54) is 29.0 Å². The molecule has 1 aliphatic heterocycles. The van der Waals surface area contributed by atoms with E-state index in [2.05, 4.69) is 63.4 Å². The summed E-state index contributed by atoms with van der Waals surface area (Å²) in [6.45, 7) is 0.279. The van der Waals surface area contributed by atoms with E-state index in [4.69, 9.17) is 14.5 Å². The second kappa shape index (κ2) is 12.8. The molecule has 8 nitrogen and oxygen atoms in total. The van der Waals surface area contributed by atoms with Gasteiger partial charge in [0, 0.05) is 17.7 Å². The Morgan fingerprint density at radius 3 is 2.43 bits per heavy atom. The molecule has 0 unspecified atom stereocenters. The Kier molecular flexibility index (Phi) is 8.55. The first kappa shape index (κ1) is 30.8. The predicted molar refractivity (Wildman–Crippen MR) is 195 cm³/mol. The summed E-state index contributed by atoms with van der Waals surface area (Å²) in [4.78, 5) is 30.5. The number of benzene rings is 4. The number of fused-ring (bicyclic) bond motifs is 3. The summed E-state index contributed by atoms with van der Waals surface area (Å²) in [7, 11) is 1.65. The fourth-order valence-electron chi connectivity index (χ4n) is 5.93. The second-order valence-corrected chi connectivity index (χ2v) is 14.2. The summed E-state index contributed by atoms with van der Waals surface area (Å²) in [6.07, 6.45) is 3.65. The van der Waals surface area contributed by atoms with E-state index in [0.717, 1.165) is 65.0 Å². The number of hydrogen-bond acceptors (Lipinski definition) is 7.